The first-order chi connectivity index (χ1) is 8.26. The van der Waals surface area contributed by atoms with Crippen LogP contribution in [0, 0.1) is 0 Å². The molecule has 1 heterocycles. The highest BCUT2D eigenvalue weighted by atomic mass is 15.3. The number of nitrogens with zero attached hydrogens (tertiary/aromatic N) is 3. The van der Waals surface area contributed by atoms with Crippen molar-refractivity contribution in [1.29, 1.82) is 0 Å². The maximum Gasteiger partial charge on any atom is 0.150 e. The molecule has 1 atom stereocenters. The molecule has 0 radical (unpaired) electrons. The fraction of sp³-hybridized carbons (Fsp3) is 0.385. The standard InChI is InChI=1S/C13H18N4/c1-3-12-15-13(17(2)16-12)11(9-14)10-7-5-4-6-8-10/h4-8,11H,3,9,14H2,1-2H3. The van der Waals surface area contributed by atoms with E-state index in [1.165, 1.54) is 5.56 Å². The molecule has 4 nitrogen and oxygen atoms in total. The van der Waals surface area contributed by atoms with Crippen molar-refractivity contribution in [1.82, 2.24) is 14.8 Å². The van der Waals surface area contributed by atoms with Crippen molar-refractivity contribution in [3.8, 4) is 0 Å². The Bertz CT molecular complexity index is 475. The van der Waals surface area contributed by atoms with Gasteiger partial charge in [0, 0.05) is 20.0 Å². The van der Waals surface area contributed by atoms with Crippen LogP contribution < -0.4 is 5.73 Å². The average molecular weight is 230 g/mol. The summed E-state index contributed by atoms with van der Waals surface area (Å²) in [6.07, 6.45) is 0.847. The van der Waals surface area contributed by atoms with Crippen LogP contribution in [0.3, 0.4) is 0 Å². The van der Waals surface area contributed by atoms with E-state index in [1.54, 1.807) is 0 Å². The highest BCUT2D eigenvalue weighted by molar-refractivity contribution is 5.26. The predicted molar refractivity (Wildman–Crippen MR) is 67.7 cm³/mol. The van der Waals surface area contributed by atoms with Gasteiger partial charge in [0.15, 0.2) is 5.82 Å². The van der Waals surface area contributed by atoms with Gasteiger partial charge in [-0.3, -0.25) is 4.68 Å². The largest absolute Gasteiger partial charge is 0.329 e. The van der Waals surface area contributed by atoms with Crippen LogP contribution >= 0.6 is 0 Å². The highest BCUT2D eigenvalue weighted by Gasteiger charge is 2.18. The Balaban J connectivity index is 2.38. The lowest BCUT2D eigenvalue weighted by Crippen LogP contribution is -2.18. The normalized spacial score (nSPS) is 12.6. The third-order valence-electron chi connectivity index (χ3n) is 2.91. The Morgan fingerprint density at radius 2 is 2.00 bits per heavy atom. The molecule has 2 rings (SSSR count). The van der Waals surface area contributed by atoms with Gasteiger partial charge in [-0.2, -0.15) is 5.10 Å². The minimum absolute atomic E-state index is 0.119. The summed E-state index contributed by atoms with van der Waals surface area (Å²) in [5.41, 5.74) is 7.06. The minimum Gasteiger partial charge on any atom is -0.329 e. The highest BCUT2D eigenvalue weighted by Crippen LogP contribution is 2.21. The Morgan fingerprint density at radius 1 is 1.29 bits per heavy atom. The van der Waals surface area contributed by atoms with E-state index in [-0.39, 0.29) is 5.92 Å². The van der Waals surface area contributed by atoms with E-state index >= 15 is 0 Å². The van der Waals surface area contributed by atoms with Gasteiger partial charge in [0.05, 0.1) is 5.92 Å². The molecule has 0 aliphatic carbocycles. The van der Waals surface area contributed by atoms with Crippen LogP contribution in [-0.4, -0.2) is 21.3 Å². The van der Waals surface area contributed by atoms with E-state index in [9.17, 15) is 0 Å². The van der Waals surface area contributed by atoms with Crippen molar-refractivity contribution >= 4 is 0 Å². The number of hydrogen-bond acceptors (Lipinski definition) is 3. The van der Waals surface area contributed by atoms with Crippen LogP contribution in [0.2, 0.25) is 0 Å². The number of aryl methyl sites for hydroxylation is 2. The molecule has 0 saturated carbocycles. The van der Waals surface area contributed by atoms with E-state index in [0.717, 1.165) is 18.1 Å². The van der Waals surface area contributed by atoms with Crippen LogP contribution in [0.4, 0.5) is 0 Å². The molecule has 2 N–H and O–H groups in total. The van der Waals surface area contributed by atoms with E-state index < -0.39 is 0 Å². The van der Waals surface area contributed by atoms with E-state index in [4.69, 9.17) is 5.73 Å². The predicted octanol–water partition coefficient (Wildman–Crippen LogP) is 1.47. The maximum absolute atomic E-state index is 5.88. The molecule has 0 bridgehead atoms. The lowest BCUT2D eigenvalue weighted by molar-refractivity contribution is 0.647. The van der Waals surface area contributed by atoms with Crippen molar-refractivity contribution in [3.63, 3.8) is 0 Å². The fourth-order valence-corrected chi connectivity index (χ4v) is 1.98. The van der Waals surface area contributed by atoms with Crippen LogP contribution in [-0.2, 0) is 13.5 Å². The molecule has 0 spiro atoms. The third kappa shape index (κ3) is 2.36. The number of hydrogen-bond donors (Lipinski definition) is 1. The van der Waals surface area contributed by atoms with Gasteiger partial charge in [0.25, 0.3) is 0 Å². The van der Waals surface area contributed by atoms with Crippen LogP contribution in [0.15, 0.2) is 30.3 Å². The molecule has 0 aliphatic heterocycles. The molecule has 0 amide bonds. The third-order valence-corrected chi connectivity index (χ3v) is 2.91. The Morgan fingerprint density at radius 3 is 2.53 bits per heavy atom. The first-order valence-corrected chi connectivity index (χ1v) is 5.91. The maximum atomic E-state index is 5.88. The van der Waals surface area contributed by atoms with E-state index in [1.807, 2.05) is 29.9 Å². The Hall–Kier alpha value is -1.68. The van der Waals surface area contributed by atoms with Gasteiger partial charge >= 0.3 is 0 Å². The molecule has 1 aromatic carbocycles. The zero-order valence-electron chi connectivity index (χ0n) is 10.3. The molecular formula is C13H18N4. The monoisotopic (exact) mass is 230 g/mol. The Labute approximate surface area is 101 Å². The van der Waals surface area contributed by atoms with E-state index in [2.05, 4.69) is 29.1 Å². The molecular weight excluding hydrogens is 212 g/mol. The summed E-state index contributed by atoms with van der Waals surface area (Å²) in [5.74, 6) is 1.93. The van der Waals surface area contributed by atoms with Gasteiger partial charge < -0.3 is 5.73 Å². The summed E-state index contributed by atoms with van der Waals surface area (Å²) in [7, 11) is 1.92. The van der Waals surface area contributed by atoms with Gasteiger partial charge in [0.2, 0.25) is 0 Å². The Kier molecular flexibility index (Phi) is 3.54. The van der Waals surface area contributed by atoms with Crippen molar-refractivity contribution in [2.45, 2.75) is 19.3 Å². The minimum atomic E-state index is 0.119. The second-order valence-electron chi connectivity index (χ2n) is 4.06. The van der Waals surface area contributed by atoms with Crippen LogP contribution in [0.25, 0.3) is 0 Å². The number of nitrogens with two attached hydrogens (primary N) is 1. The van der Waals surface area contributed by atoms with Crippen molar-refractivity contribution in [2.75, 3.05) is 6.54 Å². The van der Waals surface area contributed by atoms with Gasteiger partial charge in [-0.25, -0.2) is 4.98 Å². The van der Waals surface area contributed by atoms with Gasteiger partial charge in [-0.05, 0) is 5.56 Å². The van der Waals surface area contributed by atoms with Gasteiger partial charge in [0.1, 0.15) is 5.82 Å². The van der Waals surface area contributed by atoms with Crippen LogP contribution in [0.1, 0.15) is 30.1 Å². The molecule has 90 valence electrons. The van der Waals surface area contributed by atoms with Crippen molar-refractivity contribution < 1.29 is 0 Å². The number of benzene rings is 1. The summed E-state index contributed by atoms with van der Waals surface area (Å²) in [5, 5.41) is 4.37. The average Bonchev–Trinajstić information content (AvgIpc) is 2.73. The first kappa shape index (κ1) is 11.8. The zero-order valence-corrected chi connectivity index (χ0v) is 10.3. The molecule has 0 aliphatic rings. The van der Waals surface area contributed by atoms with Crippen molar-refractivity contribution in [3.05, 3.63) is 47.5 Å². The quantitative estimate of drug-likeness (QED) is 0.865. The topological polar surface area (TPSA) is 56.7 Å². The SMILES string of the molecule is CCc1nc(C(CN)c2ccccc2)n(C)n1. The lowest BCUT2D eigenvalue weighted by atomic mass is 9.98. The fourth-order valence-electron chi connectivity index (χ4n) is 1.98. The van der Waals surface area contributed by atoms with E-state index in [0.29, 0.717) is 6.54 Å². The summed E-state index contributed by atoms with van der Waals surface area (Å²) >= 11 is 0. The van der Waals surface area contributed by atoms with Crippen molar-refractivity contribution in [2.24, 2.45) is 12.8 Å². The second kappa shape index (κ2) is 5.10. The molecule has 2 aromatic rings. The first-order valence-electron chi connectivity index (χ1n) is 5.91. The van der Waals surface area contributed by atoms with Gasteiger partial charge in [-0.15, -0.1) is 0 Å². The molecule has 1 aromatic heterocycles. The molecule has 1 unspecified atom stereocenters. The lowest BCUT2D eigenvalue weighted by Gasteiger charge is -2.13. The molecule has 0 fully saturated rings. The summed E-state index contributed by atoms with van der Waals surface area (Å²) in [4.78, 5) is 4.55. The summed E-state index contributed by atoms with van der Waals surface area (Å²) < 4.78 is 1.84. The zero-order chi connectivity index (χ0) is 12.3. The number of aromatic nitrogens is 3. The molecule has 17 heavy (non-hydrogen) atoms. The summed E-state index contributed by atoms with van der Waals surface area (Å²) in [6, 6.07) is 10.2. The van der Waals surface area contributed by atoms with Gasteiger partial charge in [-0.1, -0.05) is 37.3 Å². The smallest absolute Gasteiger partial charge is 0.150 e. The molecule has 4 heteroatoms. The second-order valence-corrected chi connectivity index (χ2v) is 4.06. The molecule has 0 saturated heterocycles. The number of rotatable bonds is 4. The van der Waals surface area contributed by atoms with Crippen LogP contribution in [0.5, 0.6) is 0 Å². The summed E-state index contributed by atoms with van der Waals surface area (Å²) in [6.45, 7) is 2.60.